The molecule has 31 heavy (non-hydrogen) atoms. The first kappa shape index (κ1) is 20.8. The zero-order valence-corrected chi connectivity index (χ0v) is 17.9. The van der Waals surface area contributed by atoms with E-state index in [1.807, 2.05) is 47.1 Å². The Labute approximate surface area is 182 Å². The van der Waals surface area contributed by atoms with Gasteiger partial charge in [-0.25, -0.2) is 9.37 Å². The molecule has 0 unspecified atom stereocenters. The second-order valence-corrected chi connectivity index (χ2v) is 7.90. The Balaban J connectivity index is 1.39. The van der Waals surface area contributed by atoms with E-state index in [4.69, 9.17) is 0 Å². The van der Waals surface area contributed by atoms with Gasteiger partial charge in [0.05, 0.1) is 12.0 Å². The number of hydrogen-bond donors (Lipinski definition) is 0. The summed E-state index contributed by atoms with van der Waals surface area (Å²) in [4.78, 5) is 18.9. The van der Waals surface area contributed by atoms with Gasteiger partial charge in [0.25, 0.3) is 0 Å². The molecule has 1 aliphatic rings. The number of amides is 1. The molecule has 4 rings (SSSR count). The summed E-state index contributed by atoms with van der Waals surface area (Å²) in [5.74, 6) is -0.218. The highest BCUT2D eigenvalue weighted by molar-refractivity contribution is 5.92. The van der Waals surface area contributed by atoms with E-state index >= 15 is 0 Å². The van der Waals surface area contributed by atoms with E-state index in [1.54, 1.807) is 18.2 Å². The predicted molar refractivity (Wildman–Crippen MR) is 122 cm³/mol. The van der Waals surface area contributed by atoms with Gasteiger partial charge in [0.15, 0.2) is 0 Å². The van der Waals surface area contributed by atoms with Crippen molar-refractivity contribution >= 4 is 17.6 Å². The first-order chi connectivity index (χ1) is 15.0. The average Bonchev–Trinajstić information content (AvgIpc) is 3.04. The first-order valence-electron chi connectivity index (χ1n) is 10.5. The molecule has 2 heterocycles. The molecule has 0 N–H and O–H groups in total. The third kappa shape index (κ3) is 5.00. The minimum Gasteiger partial charge on any atom is -0.339 e. The van der Waals surface area contributed by atoms with E-state index in [2.05, 4.69) is 24.1 Å². The van der Waals surface area contributed by atoms with Crippen molar-refractivity contribution in [2.75, 3.05) is 13.1 Å². The van der Waals surface area contributed by atoms with E-state index in [9.17, 15) is 9.18 Å². The van der Waals surface area contributed by atoms with Crippen LogP contribution in [0.2, 0.25) is 0 Å². The Morgan fingerprint density at radius 3 is 2.61 bits per heavy atom. The van der Waals surface area contributed by atoms with Gasteiger partial charge >= 0.3 is 0 Å². The van der Waals surface area contributed by atoms with Crippen LogP contribution in [-0.4, -0.2) is 33.4 Å². The average molecular weight is 416 g/mol. The molecule has 1 amide bonds. The number of carbonyl (C=O) groups excluding carboxylic acids is 1. The molecule has 1 aromatic heterocycles. The van der Waals surface area contributed by atoms with Crippen LogP contribution < -0.4 is 0 Å². The molecule has 2 aromatic carbocycles. The summed E-state index contributed by atoms with van der Waals surface area (Å²) in [6.07, 6.45) is 11.0. The number of nitrogens with zero attached hydrogens (tertiary/aromatic N) is 3. The second kappa shape index (κ2) is 9.13. The fraction of sp³-hybridized carbons (Fsp3) is 0.231. The maximum Gasteiger partial charge on any atom is 0.246 e. The van der Waals surface area contributed by atoms with Crippen LogP contribution >= 0.6 is 0 Å². The van der Waals surface area contributed by atoms with Crippen molar-refractivity contribution in [2.45, 2.75) is 26.7 Å². The van der Waals surface area contributed by atoms with Crippen LogP contribution in [0.15, 0.2) is 67.1 Å². The summed E-state index contributed by atoms with van der Waals surface area (Å²) in [6, 6.07) is 12.7. The van der Waals surface area contributed by atoms with Gasteiger partial charge in [-0.3, -0.25) is 4.79 Å². The molecule has 0 spiro atoms. The minimum absolute atomic E-state index is 0.0146. The van der Waals surface area contributed by atoms with Crippen LogP contribution in [0.4, 0.5) is 4.39 Å². The van der Waals surface area contributed by atoms with Crippen LogP contribution in [-0.2, 0) is 4.79 Å². The van der Waals surface area contributed by atoms with Crippen LogP contribution in [0.3, 0.4) is 0 Å². The number of benzene rings is 2. The molecule has 0 atom stereocenters. The van der Waals surface area contributed by atoms with Crippen LogP contribution in [0, 0.1) is 19.7 Å². The zero-order valence-electron chi connectivity index (χ0n) is 17.9. The van der Waals surface area contributed by atoms with Crippen molar-refractivity contribution in [1.82, 2.24) is 14.5 Å². The number of carbonyl (C=O) groups is 1. The van der Waals surface area contributed by atoms with Crippen molar-refractivity contribution in [3.05, 3.63) is 95.3 Å². The molecule has 1 aliphatic heterocycles. The monoisotopic (exact) mass is 415 g/mol. The molecule has 0 bridgehead atoms. The summed E-state index contributed by atoms with van der Waals surface area (Å²) in [5, 5.41) is 0. The highest BCUT2D eigenvalue weighted by Crippen LogP contribution is 2.23. The third-order valence-corrected chi connectivity index (χ3v) is 5.60. The molecule has 0 saturated heterocycles. The predicted octanol–water partition coefficient (Wildman–Crippen LogP) is 5.35. The van der Waals surface area contributed by atoms with Gasteiger partial charge in [-0.05, 0) is 79.3 Å². The second-order valence-electron chi connectivity index (χ2n) is 7.90. The lowest BCUT2D eigenvalue weighted by molar-refractivity contribution is -0.125. The third-order valence-electron chi connectivity index (χ3n) is 5.60. The summed E-state index contributed by atoms with van der Waals surface area (Å²) in [6.45, 7) is 5.37. The normalized spacial score (nSPS) is 14.5. The Hall–Kier alpha value is -3.47. The van der Waals surface area contributed by atoms with Gasteiger partial charge < -0.3 is 9.47 Å². The molecule has 158 valence electrons. The van der Waals surface area contributed by atoms with Crippen molar-refractivity contribution in [3.8, 4) is 5.69 Å². The molecule has 0 radical (unpaired) electrons. The zero-order chi connectivity index (χ0) is 21.8. The SMILES string of the molecule is Cc1cn(-c2ccc(/C=C/C(=O)N3CCC=C(c4ccc(F)cc4)CC3)cc2C)cn1. The largest absolute Gasteiger partial charge is 0.339 e. The summed E-state index contributed by atoms with van der Waals surface area (Å²) >= 11 is 0. The fourth-order valence-corrected chi connectivity index (χ4v) is 3.91. The standard InChI is InChI=1S/C26H26FN3O/c1-19-16-21(5-11-25(19)30-17-20(2)28-18-30)6-12-26(31)29-14-3-4-22(13-15-29)23-7-9-24(27)10-8-23/h4-12,16-18H,3,13-15H2,1-2H3/b12-6+. The van der Waals surface area contributed by atoms with Gasteiger partial charge in [-0.15, -0.1) is 0 Å². The fourth-order valence-electron chi connectivity index (χ4n) is 3.91. The van der Waals surface area contributed by atoms with E-state index in [-0.39, 0.29) is 11.7 Å². The molecule has 4 nitrogen and oxygen atoms in total. The van der Waals surface area contributed by atoms with Crippen molar-refractivity contribution < 1.29 is 9.18 Å². The number of halogens is 1. The maximum atomic E-state index is 13.2. The quantitative estimate of drug-likeness (QED) is 0.539. The van der Waals surface area contributed by atoms with Crippen molar-refractivity contribution in [3.63, 3.8) is 0 Å². The molecule has 0 saturated carbocycles. The van der Waals surface area contributed by atoms with E-state index in [1.165, 1.54) is 17.7 Å². The summed E-state index contributed by atoms with van der Waals surface area (Å²) < 4.78 is 15.2. The van der Waals surface area contributed by atoms with E-state index in [0.29, 0.717) is 13.1 Å². The summed E-state index contributed by atoms with van der Waals surface area (Å²) in [5.41, 5.74) is 6.36. The molecular weight excluding hydrogens is 389 g/mol. The smallest absolute Gasteiger partial charge is 0.246 e. The molecule has 0 fully saturated rings. The topological polar surface area (TPSA) is 38.1 Å². The Morgan fingerprint density at radius 1 is 1.10 bits per heavy atom. The van der Waals surface area contributed by atoms with Gasteiger partial charge in [0.2, 0.25) is 5.91 Å². The lowest BCUT2D eigenvalue weighted by Gasteiger charge is -2.18. The minimum atomic E-state index is -0.233. The first-order valence-corrected chi connectivity index (χ1v) is 10.5. The van der Waals surface area contributed by atoms with Crippen LogP contribution in [0.25, 0.3) is 17.3 Å². The van der Waals surface area contributed by atoms with Crippen molar-refractivity contribution in [1.29, 1.82) is 0 Å². The lowest BCUT2D eigenvalue weighted by atomic mass is 10.0. The Bertz CT molecular complexity index is 1140. The number of aryl methyl sites for hydroxylation is 2. The van der Waals surface area contributed by atoms with Gasteiger partial charge in [-0.2, -0.15) is 0 Å². The van der Waals surface area contributed by atoms with Gasteiger partial charge in [0, 0.05) is 31.0 Å². The molecular formula is C26H26FN3O. The summed E-state index contributed by atoms with van der Waals surface area (Å²) in [7, 11) is 0. The highest BCUT2D eigenvalue weighted by Gasteiger charge is 2.15. The molecule has 3 aromatic rings. The number of rotatable bonds is 4. The molecule has 5 heteroatoms. The Morgan fingerprint density at radius 2 is 1.90 bits per heavy atom. The number of hydrogen-bond acceptors (Lipinski definition) is 2. The molecule has 0 aliphatic carbocycles. The lowest BCUT2D eigenvalue weighted by Crippen LogP contribution is -2.30. The van der Waals surface area contributed by atoms with Gasteiger partial charge in [-0.1, -0.05) is 24.3 Å². The van der Waals surface area contributed by atoms with Crippen molar-refractivity contribution in [2.24, 2.45) is 0 Å². The number of imidazole rings is 1. The number of aromatic nitrogens is 2. The van der Waals surface area contributed by atoms with E-state index in [0.717, 1.165) is 40.9 Å². The van der Waals surface area contributed by atoms with E-state index < -0.39 is 0 Å². The highest BCUT2D eigenvalue weighted by atomic mass is 19.1. The van der Waals surface area contributed by atoms with Gasteiger partial charge in [0.1, 0.15) is 5.82 Å². The van der Waals surface area contributed by atoms with Crippen LogP contribution in [0.5, 0.6) is 0 Å². The Kier molecular flexibility index (Phi) is 6.12. The maximum absolute atomic E-state index is 13.2. The van der Waals surface area contributed by atoms with Crippen LogP contribution in [0.1, 0.15) is 35.2 Å².